The topological polar surface area (TPSA) is 148 Å². The van der Waals surface area contributed by atoms with Crippen molar-refractivity contribution in [3.8, 4) is 22.8 Å². The normalized spacial score (nSPS) is 25.1. The summed E-state index contributed by atoms with van der Waals surface area (Å²) in [5, 5.41) is 13.3. The Balaban J connectivity index is 1.35. The number of ether oxygens (including phenoxy) is 3. The Hall–Kier alpha value is -5.13. The molecule has 0 spiro atoms. The highest BCUT2D eigenvalue weighted by atomic mass is 16.6. The van der Waals surface area contributed by atoms with Gasteiger partial charge in [0.25, 0.3) is 5.91 Å². The molecule has 1 aliphatic carbocycles. The Bertz CT molecular complexity index is 1730. The van der Waals surface area contributed by atoms with Crippen LogP contribution in [0.1, 0.15) is 51.9 Å². The van der Waals surface area contributed by atoms with Gasteiger partial charge in [-0.05, 0) is 50.7 Å². The molecule has 0 bridgehead atoms. The van der Waals surface area contributed by atoms with E-state index in [1.807, 2.05) is 54.6 Å². The molecule has 2 fully saturated rings. The van der Waals surface area contributed by atoms with Gasteiger partial charge < -0.3 is 29.5 Å². The molecule has 2 aromatic carbocycles. The van der Waals surface area contributed by atoms with Crippen molar-refractivity contribution in [2.24, 2.45) is 5.92 Å². The molecular formula is C37H42N4O8. The zero-order valence-corrected chi connectivity index (χ0v) is 27.7. The monoisotopic (exact) mass is 670 g/mol. The smallest absolute Gasteiger partial charge is 0.416 e. The Morgan fingerprint density at radius 3 is 2.61 bits per heavy atom. The molecule has 5 unspecified atom stereocenters. The van der Waals surface area contributed by atoms with Crippen molar-refractivity contribution in [2.45, 2.75) is 76.1 Å². The molecule has 2 N–H and O–H groups in total. The lowest BCUT2D eigenvalue weighted by molar-refractivity contribution is -0.139. The van der Waals surface area contributed by atoms with Crippen molar-refractivity contribution in [1.29, 1.82) is 0 Å². The minimum atomic E-state index is -1.15. The van der Waals surface area contributed by atoms with Gasteiger partial charge in [-0.2, -0.15) is 0 Å². The van der Waals surface area contributed by atoms with E-state index in [1.54, 1.807) is 20.1 Å². The maximum absolute atomic E-state index is 14.3. The molecular weight excluding hydrogens is 628 g/mol. The van der Waals surface area contributed by atoms with E-state index in [1.165, 1.54) is 4.90 Å². The first kappa shape index (κ1) is 33.8. The lowest BCUT2D eigenvalue weighted by atomic mass is 10.1. The van der Waals surface area contributed by atoms with Gasteiger partial charge in [-0.25, -0.2) is 24.3 Å². The quantitative estimate of drug-likeness (QED) is 0.311. The number of nitrogens with zero attached hydrogens (tertiary/aromatic N) is 3. The lowest BCUT2D eigenvalue weighted by Gasteiger charge is -2.29. The number of benzene rings is 2. The minimum Gasteiger partial charge on any atom is -0.497 e. The number of aliphatic carboxylic acids is 1. The summed E-state index contributed by atoms with van der Waals surface area (Å²) in [6.07, 6.45) is 6.72. The van der Waals surface area contributed by atoms with Crippen LogP contribution in [-0.4, -0.2) is 88.4 Å². The molecule has 1 aromatic heterocycles. The second-order valence-electron chi connectivity index (χ2n) is 12.7. The van der Waals surface area contributed by atoms with Crippen molar-refractivity contribution in [3.63, 3.8) is 0 Å². The predicted octanol–water partition coefficient (Wildman–Crippen LogP) is 5.79. The highest BCUT2D eigenvalue weighted by Gasteiger charge is 2.51. The fraction of sp³-hybridized carbons (Fsp3) is 0.432. The van der Waals surface area contributed by atoms with Crippen molar-refractivity contribution >= 4 is 34.9 Å². The van der Waals surface area contributed by atoms with Gasteiger partial charge in [-0.3, -0.25) is 4.79 Å². The van der Waals surface area contributed by atoms with Gasteiger partial charge >= 0.3 is 18.1 Å². The highest BCUT2D eigenvalue weighted by Crippen LogP contribution is 2.40. The molecule has 3 heterocycles. The van der Waals surface area contributed by atoms with E-state index in [0.29, 0.717) is 40.9 Å². The third kappa shape index (κ3) is 7.63. The number of carboxylic acids is 1. The number of aromatic nitrogens is 1. The Kier molecular flexibility index (Phi) is 10.3. The maximum atomic E-state index is 14.3. The summed E-state index contributed by atoms with van der Waals surface area (Å²) < 4.78 is 17.4. The van der Waals surface area contributed by atoms with Gasteiger partial charge in [0.2, 0.25) is 0 Å². The van der Waals surface area contributed by atoms with E-state index in [2.05, 4.69) is 11.4 Å². The van der Waals surface area contributed by atoms with Gasteiger partial charge in [0.15, 0.2) is 0 Å². The maximum Gasteiger partial charge on any atom is 0.416 e. The first-order valence-electron chi connectivity index (χ1n) is 16.9. The van der Waals surface area contributed by atoms with Gasteiger partial charge in [0.1, 0.15) is 29.7 Å². The van der Waals surface area contributed by atoms with Crippen LogP contribution in [0.25, 0.3) is 22.2 Å². The van der Waals surface area contributed by atoms with E-state index >= 15 is 0 Å². The molecule has 2 aliphatic heterocycles. The van der Waals surface area contributed by atoms with Gasteiger partial charge in [-0.1, -0.05) is 55.3 Å². The van der Waals surface area contributed by atoms with E-state index in [-0.39, 0.29) is 38.0 Å². The molecule has 3 aromatic rings. The second-order valence-corrected chi connectivity index (χ2v) is 12.7. The van der Waals surface area contributed by atoms with Crippen molar-refractivity contribution in [3.05, 3.63) is 66.7 Å². The van der Waals surface area contributed by atoms with Gasteiger partial charge in [0.05, 0.1) is 37.5 Å². The second kappa shape index (κ2) is 15.0. The number of methoxy groups -OCH3 is 1. The first-order chi connectivity index (χ1) is 23.8. The molecule has 0 radical (unpaired) electrons. The Morgan fingerprint density at radius 2 is 1.86 bits per heavy atom. The number of urea groups is 1. The van der Waals surface area contributed by atoms with Crippen LogP contribution in [0.3, 0.4) is 0 Å². The van der Waals surface area contributed by atoms with Crippen LogP contribution >= 0.6 is 0 Å². The number of imide groups is 1. The number of rotatable bonds is 6. The summed E-state index contributed by atoms with van der Waals surface area (Å²) in [5.74, 6) is -0.591. The zero-order valence-electron chi connectivity index (χ0n) is 27.7. The predicted molar refractivity (Wildman–Crippen MR) is 181 cm³/mol. The third-order valence-corrected chi connectivity index (χ3v) is 9.33. The molecule has 6 rings (SSSR count). The van der Waals surface area contributed by atoms with E-state index < -0.39 is 42.2 Å². The standard InChI is InChI=1S/C37H42N4O8/c1-3-48-37(46)41-31-18-24(31)14-8-5-4-6-11-15-28(35(43)44)39-36(45)40-22-26(20-32(40)34(41)42)49-33-21-29(23-12-9-7-10-13-23)38-30-19-25(47-2)16-17-27(30)33/h7-10,12-14,16-17,19,21,24,26,28,31-32H,3-6,11,15,18,20,22H2,1-2H3,(H,39,45)(H,43,44)/b14-8+. The van der Waals surface area contributed by atoms with Crippen LogP contribution in [-0.2, 0) is 14.3 Å². The summed E-state index contributed by atoms with van der Waals surface area (Å²) in [7, 11) is 1.58. The molecule has 1 saturated carbocycles. The summed E-state index contributed by atoms with van der Waals surface area (Å²) in [5.41, 5.74) is 2.18. The van der Waals surface area contributed by atoms with Gasteiger partial charge in [0, 0.05) is 29.5 Å². The summed E-state index contributed by atoms with van der Waals surface area (Å²) in [4.78, 5) is 60.9. The molecule has 3 aliphatic rings. The van der Waals surface area contributed by atoms with Crippen LogP contribution in [0.5, 0.6) is 11.5 Å². The molecule has 49 heavy (non-hydrogen) atoms. The number of nitrogens with one attached hydrogen (secondary N) is 1. The molecule has 1 saturated heterocycles. The number of carboxylic acid groups (broad SMARTS) is 1. The first-order valence-corrected chi connectivity index (χ1v) is 16.9. The minimum absolute atomic E-state index is 0.00459. The van der Waals surface area contributed by atoms with E-state index in [4.69, 9.17) is 19.2 Å². The number of amides is 4. The fourth-order valence-electron chi connectivity index (χ4n) is 6.67. The highest BCUT2D eigenvalue weighted by molar-refractivity contribution is 5.98. The van der Waals surface area contributed by atoms with Crippen LogP contribution in [0.4, 0.5) is 9.59 Å². The van der Waals surface area contributed by atoms with Gasteiger partial charge in [-0.15, -0.1) is 0 Å². The summed E-state index contributed by atoms with van der Waals surface area (Å²) >= 11 is 0. The third-order valence-electron chi connectivity index (χ3n) is 9.33. The number of carbonyl (C=O) groups is 4. The Labute approximate surface area is 285 Å². The Morgan fingerprint density at radius 1 is 1.04 bits per heavy atom. The van der Waals surface area contributed by atoms with E-state index in [9.17, 15) is 24.3 Å². The average Bonchev–Trinajstić information content (AvgIpc) is 3.72. The molecule has 5 atom stereocenters. The van der Waals surface area contributed by atoms with Crippen LogP contribution in [0.2, 0.25) is 0 Å². The number of carbonyl (C=O) groups excluding carboxylic acids is 3. The molecule has 4 amide bonds. The van der Waals surface area contributed by atoms with Crippen molar-refractivity contribution in [2.75, 3.05) is 20.3 Å². The van der Waals surface area contributed by atoms with Crippen LogP contribution in [0.15, 0.2) is 66.7 Å². The zero-order chi connectivity index (χ0) is 34.5. The number of hydrogen-bond donors (Lipinski definition) is 2. The van der Waals surface area contributed by atoms with Crippen LogP contribution in [0, 0.1) is 5.92 Å². The molecule has 258 valence electrons. The number of pyridine rings is 1. The average molecular weight is 671 g/mol. The number of fused-ring (bicyclic) bond motifs is 3. The van der Waals surface area contributed by atoms with Crippen molar-refractivity contribution < 1.29 is 38.5 Å². The molecule has 12 heteroatoms. The lowest BCUT2D eigenvalue weighted by Crippen LogP contribution is -2.55. The number of hydrogen-bond acceptors (Lipinski definition) is 8. The van der Waals surface area contributed by atoms with Crippen molar-refractivity contribution in [1.82, 2.24) is 20.1 Å². The SMILES string of the molecule is CCOC(=O)N1C(=O)C2CC(Oc3cc(-c4ccccc4)nc4cc(OC)ccc34)CN2C(=O)NC(C(=O)O)CCCCC/C=C/C2CC21. The summed E-state index contributed by atoms with van der Waals surface area (Å²) in [6, 6.07) is 13.6. The summed E-state index contributed by atoms with van der Waals surface area (Å²) in [6.45, 7) is 1.74. The van der Waals surface area contributed by atoms with E-state index in [0.717, 1.165) is 29.7 Å². The number of allylic oxidation sites excluding steroid dienone is 1. The largest absolute Gasteiger partial charge is 0.497 e. The fourth-order valence-corrected chi connectivity index (χ4v) is 6.67. The van der Waals surface area contributed by atoms with Crippen LogP contribution < -0.4 is 14.8 Å². The molecule has 12 nitrogen and oxygen atoms in total.